The van der Waals surface area contributed by atoms with Crippen molar-refractivity contribution in [3.8, 4) is 10.6 Å². The summed E-state index contributed by atoms with van der Waals surface area (Å²) in [6.45, 7) is 3.85. The number of halogens is 1. The number of nitrogens with one attached hydrogen (secondary N) is 2. The zero-order chi connectivity index (χ0) is 20.5. The number of rotatable bonds is 5. The third-order valence-corrected chi connectivity index (χ3v) is 6.61. The van der Waals surface area contributed by atoms with Crippen LogP contribution >= 0.6 is 38.6 Å². The Bertz CT molecular complexity index is 1220. The number of benzene rings is 1. The molecule has 0 saturated carbocycles. The topological polar surface area (TPSA) is 84.2 Å². The van der Waals surface area contributed by atoms with Gasteiger partial charge in [0, 0.05) is 32.6 Å². The van der Waals surface area contributed by atoms with E-state index in [9.17, 15) is 9.59 Å². The van der Waals surface area contributed by atoms with E-state index in [0.717, 1.165) is 30.9 Å². The molecule has 0 spiro atoms. The molecule has 4 rings (SSSR count). The number of thiophene rings is 1. The van der Waals surface area contributed by atoms with Gasteiger partial charge in [0.25, 0.3) is 5.91 Å². The molecule has 0 saturated heterocycles. The van der Waals surface area contributed by atoms with Crippen molar-refractivity contribution in [3.05, 3.63) is 56.4 Å². The normalized spacial score (nSPS) is 11.0. The van der Waals surface area contributed by atoms with Gasteiger partial charge in [0.15, 0.2) is 10.9 Å². The third-order valence-electron chi connectivity index (χ3n) is 4.25. The van der Waals surface area contributed by atoms with Gasteiger partial charge in [-0.3, -0.25) is 14.9 Å². The standard InChI is InChI=1S/C20H16BrN3O3S2/c1-10-14-7-12(21)3-5-16(14)27-18(10)19(26)24-20-23-15(9-28-20)17-6-4-13(29-17)8-22-11(2)25/h3-7,9H,8H2,1-2H3,(H,22,25)(H,23,24,26). The summed E-state index contributed by atoms with van der Waals surface area (Å²) in [5.74, 6) is -0.108. The fraction of sp³-hybridized carbons (Fsp3) is 0.150. The Morgan fingerprint density at radius 2 is 2.07 bits per heavy atom. The second-order valence-corrected chi connectivity index (χ2v) is 9.31. The molecule has 0 atom stereocenters. The molecule has 2 N–H and O–H groups in total. The maximum Gasteiger partial charge on any atom is 0.293 e. The van der Waals surface area contributed by atoms with Crippen molar-refractivity contribution in [2.75, 3.05) is 5.32 Å². The summed E-state index contributed by atoms with van der Waals surface area (Å²) in [5.41, 5.74) is 2.24. The van der Waals surface area contributed by atoms with Crippen molar-refractivity contribution in [2.24, 2.45) is 0 Å². The molecule has 148 valence electrons. The van der Waals surface area contributed by atoms with Gasteiger partial charge in [0.1, 0.15) is 5.58 Å². The van der Waals surface area contributed by atoms with E-state index in [1.54, 1.807) is 11.3 Å². The van der Waals surface area contributed by atoms with E-state index in [1.165, 1.54) is 18.3 Å². The summed E-state index contributed by atoms with van der Waals surface area (Å²) in [6, 6.07) is 9.57. The molecule has 0 unspecified atom stereocenters. The highest BCUT2D eigenvalue weighted by Crippen LogP contribution is 2.32. The van der Waals surface area contributed by atoms with Crippen LogP contribution in [0.15, 0.2) is 44.6 Å². The van der Waals surface area contributed by atoms with Crippen LogP contribution in [-0.4, -0.2) is 16.8 Å². The van der Waals surface area contributed by atoms with Crippen LogP contribution in [0.5, 0.6) is 0 Å². The quantitative estimate of drug-likeness (QED) is 0.383. The summed E-state index contributed by atoms with van der Waals surface area (Å²) in [7, 11) is 0. The lowest BCUT2D eigenvalue weighted by molar-refractivity contribution is -0.119. The van der Waals surface area contributed by atoms with Crippen LogP contribution in [0.3, 0.4) is 0 Å². The van der Waals surface area contributed by atoms with Gasteiger partial charge in [0.05, 0.1) is 17.1 Å². The summed E-state index contributed by atoms with van der Waals surface area (Å²) < 4.78 is 6.67. The Balaban J connectivity index is 1.50. The lowest BCUT2D eigenvalue weighted by Gasteiger charge is -1.99. The number of thiazole rings is 1. The number of anilines is 1. The zero-order valence-electron chi connectivity index (χ0n) is 15.5. The van der Waals surface area contributed by atoms with E-state index in [4.69, 9.17) is 4.42 Å². The molecule has 0 aliphatic rings. The molecule has 1 aromatic carbocycles. The summed E-state index contributed by atoms with van der Waals surface area (Å²) >= 11 is 6.35. The number of carbonyl (C=O) groups is 2. The van der Waals surface area contributed by atoms with Crippen LogP contribution < -0.4 is 10.6 Å². The fourth-order valence-corrected chi connectivity index (χ4v) is 4.88. The Labute approximate surface area is 183 Å². The molecule has 3 heterocycles. The molecule has 0 fully saturated rings. The first-order valence-electron chi connectivity index (χ1n) is 8.70. The number of nitrogens with zero attached hydrogens (tertiary/aromatic N) is 1. The number of fused-ring (bicyclic) bond motifs is 1. The minimum Gasteiger partial charge on any atom is -0.451 e. The highest BCUT2D eigenvalue weighted by molar-refractivity contribution is 9.10. The van der Waals surface area contributed by atoms with Gasteiger partial charge in [-0.05, 0) is 37.3 Å². The molecular formula is C20H16BrN3O3S2. The molecule has 9 heteroatoms. The maximum absolute atomic E-state index is 12.7. The van der Waals surface area contributed by atoms with Gasteiger partial charge >= 0.3 is 0 Å². The van der Waals surface area contributed by atoms with E-state index < -0.39 is 0 Å². The predicted molar refractivity (Wildman–Crippen MR) is 120 cm³/mol. The number of carbonyl (C=O) groups excluding carboxylic acids is 2. The van der Waals surface area contributed by atoms with Gasteiger partial charge in [-0.15, -0.1) is 22.7 Å². The lowest BCUT2D eigenvalue weighted by atomic mass is 10.1. The van der Waals surface area contributed by atoms with Crippen molar-refractivity contribution in [2.45, 2.75) is 20.4 Å². The van der Waals surface area contributed by atoms with Crippen LogP contribution in [0.2, 0.25) is 0 Å². The average Bonchev–Trinajstić information content (AvgIpc) is 3.39. The highest BCUT2D eigenvalue weighted by atomic mass is 79.9. The van der Waals surface area contributed by atoms with E-state index in [2.05, 4.69) is 31.5 Å². The molecule has 2 amide bonds. The molecule has 6 nitrogen and oxygen atoms in total. The molecule has 0 aliphatic carbocycles. The molecule has 0 bridgehead atoms. The molecule has 4 aromatic rings. The number of hydrogen-bond acceptors (Lipinski definition) is 6. The van der Waals surface area contributed by atoms with E-state index in [-0.39, 0.29) is 17.6 Å². The van der Waals surface area contributed by atoms with Gasteiger partial charge in [0.2, 0.25) is 5.91 Å². The first-order chi connectivity index (χ1) is 13.9. The Kier molecular flexibility index (Phi) is 5.53. The van der Waals surface area contributed by atoms with Crippen molar-refractivity contribution in [1.29, 1.82) is 0 Å². The molecule has 0 aliphatic heterocycles. The molecule has 3 aromatic heterocycles. The minimum atomic E-state index is -0.326. The second kappa shape index (κ2) is 8.10. The number of hydrogen-bond donors (Lipinski definition) is 2. The Morgan fingerprint density at radius 1 is 1.24 bits per heavy atom. The largest absolute Gasteiger partial charge is 0.451 e. The monoisotopic (exact) mass is 489 g/mol. The maximum atomic E-state index is 12.7. The second-order valence-electron chi connectivity index (χ2n) is 6.36. The molecular weight excluding hydrogens is 474 g/mol. The van der Waals surface area contributed by atoms with Crippen molar-refractivity contribution in [1.82, 2.24) is 10.3 Å². The van der Waals surface area contributed by atoms with Crippen molar-refractivity contribution < 1.29 is 14.0 Å². The number of aryl methyl sites for hydroxylation is 1. The smallest absolute Gasteiger partial charge is 0.293 e. The molecule has 0 radical (unpaired) electrons. The van der Waals surface area contributed by atoms with Crippen LogP contribution in [0.4, 0.5) is 5.13 Å². The van der Waals surface area contributed by atoms with E-state index in [0.29, 0.717) is 17.3 Å². The van der Waals surface area contributed by atoms with Crippen LogP contribution in [0.25, 0.3) is 21.5 Å². The first-order valence-corrected chi connectivity index (χ1v) is 11.2. The average molecular weight is 490 g/mol. The third kappa shape index (κ3) is 4.26. The molecule has 29 heavy (non-hydrogen) atoms. The summed E-state index contributed by atoms with van der Waals surface area (Å²) in [5, 5.41) is 8.90. The summed E-state index contributed by atoms with van der Waals surface area (Å²) in [4.78, 5) is 30.3. The van der Waals surface area contributed by atoms with Crippen LogP contribution in [-0.2, 0) is 11.3 Å². The van der Waals surface area contributed by atoms with E-state index >= 15 is 0 Å². The van der Waals surface area contributed by atoms with E-state index in [1.807, 2.05) is 42.6 Å². The Morgan fingerprint density at radius 3 is 2.86 bits per heavy atom. The Hall–Kier alpha value is -2.49. The zero-order valence-corrected chi connectivity index (χ0v) is 18.8. The predicted octanol–water partition coefficient (Wildman–Crippen LogP) is 5.58. The first kappa shape index (κ1) is 19.8. The van der Waals surface area contributed by atoms with Crippen LogP contribution in [0.1, 0.15) is 27.9 Å². The van der Waals surface area contributed by atoms with Crippen molar-refractivity contribution in [3.63, 3.8) is 0 Å². The van der Waals surface area contributed by atoms with Gasteiger partial charge < -0.3 is 9.73 Å². The minimum absolute atomic E-state index is 0.0631. The number of amides is 2. The van der Waals surface area contributed by atoms with Crippen molar-refractivity contribution >= 4 is 66.5 Å². The van der Waals surface area contributed by atoms with Gasteiger partial charge in [-0.2, -0.15) is 0 Å². The number of aromatic nitrogens is 1. The van der Waals surface area contributed by atoms with Crippen LogP contribution in [0, 0.1) is 6.92 Å². The fourth-order valence-electron chi connectivity index (χ4n) is 2.83. The highest BCUT2D eigenvalue weighted by Gasteiger charge is 2.19. The summed E-state index contributed by atoms with van der Waals surface area (Å²) in [6.07, 6.45) is 0. The van der Waals surface area contributed by atoms with Gasteiger partial charge in [-0.1, -0.05) is 15.9 Å². The lowest BCUT2D eigenvalue weighted by Crippen LogP contribution is -2.17. The number of furan rings is 1. The van der Waals surface area contributed by atoms with Gasteiger partial charge in [-0.25, -0.2) is 4.98 Å². The SMILES string of the molecule is CC(=O)NCc1ccc(-c2csc(NC(=O)c3oc4ccc(Br)cc4c3C)n2)s1.